The Morgan fingerprint density at radius 2 is 2.09 bits per heavy atom. The summed E-state index contributed by atoms with van der Waals surface area (Å²) in [6.45, 7) is 4.05. The Morgan fingerprint density at radius 3 is 2.73 bits per heavy atom. The summed E-state index contributed by atoms with van der Waals surface area (Å²) in [7, 11) is 0. The van der Waals surface area contributed by atoms with Gasteiger partial charge in [-0.05, 0) is 6.08 Å². The number of allylic oxidation sites excluding steroid dienone is 4. The molecule has 2 rings (SSSR count). The first kappa shape index (κ1) is 17.9. The maximum atomic E-state index is 7.57. The lowest BCUT2D eigenvalue weighted by molar-refractivity contribution is 0.485. The number of nitrogens with zero attached hydrogens (tertiary/aromatic N) is 2. The summed E-state index contributed by atoms with van der Waals surface area (Å²) in [5.41, 5.74) is 0.0509. The minimum absolute atomic E-state index is 0.00814. The van der Waals surface area contributed by atoms with Crippen molar-refractivity contribution >= 4 is 69.8 Å². The quantitative estimate of drug-likeness (QED) is 0.537. The second kappa shape index (κ2) is 7.45. The highest BCUT2D eigenvalue weighted by molar-refractivity contribution is 8.01. The van der Waals surface area contributed by atoms with Crippen LogP contribution in [-0.2, 0) is 0 Å². The van der Waals surface area contributed by atoms with E-state index in [-0.39, 0.29) is 22.8 Å². The van der Waals surface area contributed by atoms with E-state index in [4.69, 9.17) is 45.6 Å². The van der Waals surface area contributed by atoms with Crippen LogP contribution in [0, 0.1) is 22.7 Å². The number of aromatic nitrogens is 2. The molecule has 9 heteroatoms. The number of thioether (sulfide) groups is 1. The van der Waals surface area contributed by atoms with Crippen LogP contribution in [0.4, 0.5) is 0 Å². The Balaban J connectivity index is 2.17. The molecule has 1 aromatic rings. The standard InChI is InChI=1S/C13H13Cl3N4S2/c1-5-7(14)3-8(15)11(16)10(5)6(2)21-13-20-19-12(22-13)9(18)4-17/h3-6,10,17-18H,1-2H3. The number of hydrogen-bond acceptors (Lipinski definition) is 6. The summed E-state index contributed by atoms with van der Waals surface area (Å²) >= 11 is 21.5. The molecule has 0 amide bonds. The Kier molecular flexibility index (Phi) is 6.07. The van der Waals surface area contributed by atoms with Gasteiger partial charge in [0.25, 0.3) is 0 Å². The number of hydrogen-bond donors (Lipinski definition) is 2. The molecule has 0 aliphatic heterocycles. The predicted molar refractivity (Wildman–Crippen MR) is 96.2 cm³/mol. The van der Waals surface area contributed by atoms with Gasteiger partial charge in [0.05, 0.1) is 5.03 Å². The molecular weight excluding hydrogens is 383 g/mol. The fraction of sp³-hybridized carbons (Fsp3) is 0.385. The van der Waals surface area contributed by atoms with Crippen LogP contribution in [-0.4, -0.2) is 27.4 Å². The molecule has 0 aromatic carbocycles. The van der Waals surface area contributed by atoms with Crippen LogP contribution in [0.5, 0.6) is 0 Å². The van der Waals surface area contributed by atoms with Crippen molar-refractivity contribution in [3.05, 3.63) is 26.2 Å². The molecule has 1 aliphatic carbocycles. The van der Waals surface area contributed by atoms with E-state index in [0.29, 0.717) is 20.1 Å². The normalized spacial score (nSPS) is 23.2. The third-order valence-electron chi connectivity index (χ3n) is 3.33. The monoisotopic (exact) mass is 394 g/mol. The first-order valence-electron chi connectivity index (χ1n) is 6.37. The summed E-state index contributed by atoms with van der Waals surface area (Å²) in [5.74, 6) is 0.0673. The van der Waals surface area contributed by atoms with Crippen LogP contribution in [0.25, 0.3) is 0 Å². The zero-order valence-corrected chi connectivity index (χ0v) is 15.6. The molecule has 1 heterocycles. The van der Waals surface area contributed by atoms with Crippen molar-refractivity contribution < 1.29 is 0 Å². The molecule has 3 unspecified atom stereocenters. The minimum atomic E-state index is -0.00814. The van der Waals surface area contributed by atoms with Gasteiger partial charge in [0.15, 0.2) is 9.35 Å². The van der Waals surface area contributed by atoms with E-state index in [2.05, 4.69) is 10.2 Å². The van der Waals surface area contributed by atoms with Gasteiger partial charge >= 0.3 is 0 Å². The highest BCUT2D eigenvalue weighted by atomic mass is 35.5. The molecule has 0 bridgehead atoms. The van der Waals surface area contributed by atoms with Gasteiger partial charge in [-0.2, -0.15) is 0 Å². The molecule has 0 saturated carbocycles. The fourth-order valence-corrected chi connectivity index (χ4v) is 5.50. The van der Waals surface area contributed by atoms with E-state index in [9.17, 15) is 0 Å². The lowest BCUT2D eigenvalue weighted by atomic mass is 9.87. The van der Waals surface area contributed by atoms with Crippen molar-refractivity contribution in [2.75, 3.05) is 0 Å². The third-order valence-corrected chi connectivity index (χ3v) is 6.89. The highest BCUT2D eigenvalue weighted by Gasteiger charge is 2.34. The smallest absolute Gasteiger partial charge is 0.174 e. The van der Waals surface area contributed by atoms with E-state index in [1.54, 1.807) is 6.08 Å². The van der Waals surface area contributed by atoms with Crippen LogP contribution in [0.15, 0.2) is 25.5 Å². The van der Waals surface area contributed by atoms with Gasteiger partial charge < -0.3 is 5.41 Å². The van der Waals surface area contributed by atoms with Gasteiger partial charge in [-0.25, -0.2) is 0 Å². The molecule has 2 N–H and O–H groups in total. The molecule has 22 heavy (non-hydrogen) atoms. The van der Waals surface area contributed by atoms with E-state index >= 15 is 0 Å². The Labute approximate surface area is 152 Å². The van der Waals surface area contributed by atoms with Gasteiger partial charge in [-0.15, -0.1) is 10.2 Å². The number of halogens is 3. The Hall–Kier alpha value is -0.400. The lowest BCUT2D eigenvalue weighted by Gasteiger charge is -2.31. The SMILES string of the molecule is CC(Sc1nnc(C(=N)C=N)s1)C1C(Cl)=C(Cl)C=C(Cl)C1C. The van der Waals surface area contributed by atoms with Crippen molar-refractivity contribution in [2.45, 2.75) is 23.4 Å². The van der Waals surface area contributed by atoms with E-state index < -0.39 is 0 Å². The van der Waals surface area contributed by atoms with Crippen LogP contribution in [0.3, 0.4) is 0 Å². The van der Waals surface area contributed by atoms with Crippen LogP contribution in [0.2, 0.25) is 0 Å². The number of nitrogens with one attached hydrogen (secondary N) is 2. The molecule has 3 atom stereocenters. The highest BCUT2D eigenvalue weighted by Crippen LogP contribution is 2.46. The molecule has 0 saturated heterocycles. The Morgan fingerprint density at radius 1 is 1.41 bits per heavy atom. The van der Waals surface area contributed by atoms with Gasteiger partial charge in [-0.3, -0.25) is 5.41 Å². The summed E-state index contributed by atoms with van der Waals surface area (Å²) < 4.78 is 0.729. The average molecular weight is 396 g/mol. The topological polar surface area (TPSA) is 73.5 Å². The van der Waals surface area contributed by atoms with Crippen molar-refractivity contribution in [1.82, 2.24) is 10.2 Å². The molecule has 0 radical (unpaired) electrons. The maximum Gasteiger partial charge on any atom is 0.174 e. The molecule has 0 fully saturated rings. The van der Waals surface area contributed by atoms with Crippen LogP contribution < -0.4 is 0 Å². The zero-order chi connectivity index (χ0) is 16.4. The second-order valence-electron chi connectivity index (χ2n) is 4.79. The first-order valence-corrected chi connectivity index (χ1v) is 9.20. The Bertz CT molecular complexity index is 668. The van der Waals surface area contributed by atoms with Gasteiger partial charge in [0, 0.05) is 33.4 Å². The third kappa shape index (κ3) is 3.74. The van der Waals surface area contributed by atoms with E-state index in [1.165, 1.54) is 23.1 Å². The summed E-state index contributed by atoms with van der Waals surface area (Å²) in [6.07, 6.45) is 2.64. The van der Waals surface area contributed by atoms with Crippen molar-refractivity contribution in [3.8, 4) is 0 Å². The molecule has 1 aliphatic rings. The summed E-state index contributed by atoms with van der Waals surface area (Å²) in [6, 6.07) is 0. The first-order chi connectivity index (χ1) is 10.3. The molecule has 0 spiro atoms. The van der Waals surface area contributed by atoms with Gasteiger partial charge in [0.2, 0.25) is 0 Å². The lowest BCUT2D eigenvalue weighted by Crippen LogP contribution is -2.25. The molecule has 118 valence electrons. The van der Waals surface area contributed by atoms with Crippen LogP contribution >= 0.6 is 57.9 Å². The summed E-state index contributed by atoms with van der Waals surface area (Å²) in [5, 5.41) is 24.9. The van der Waals surface area contributed by atoms with Crippen LogP contribution in [0.1, 0.15) is 18.9 Å². The van der Waals surface area contributed by atoms with Gasteiger partial charge in [-0.1, -0.05) is 71.7 Å². The molecule has 4 nitrogen and oxygen atoms in total. The minimum Gasteiger partial charge on any atom is -0.306 e. The summed E-state index contributed by atoms with van der Waals surface area (Å²) in [4.78, 5) is 0. The van der Waals surface area contributed by atoms with E-state index in [0.717, 1.165) is 10.6 Å². The largest absolute Gasteiger partial charge is 0.306 e. The average Bonchev–Trinajstić information content (AvgIpc) is 2.93. The molecular formula is C13H13Cl3N4S2. The fourth-order valence-electron chi connectivity index (χ4n) is 2.14. The van der Waals surface area contributed by atoms with Gasteiger partial charge in [0.1, 0.15) is 5.71 Å². The predicted octanol–water partition coefficient (Wildman–Crippen LogP) is 5.11. The van der Waals surface area contributed by atoms with Crippen molar-refractivity contribution in [3.63, 3.8) is 0 Å². The maximum absolute atomic E-state index is 7.57. The van der Waals surface area contributed by atoms with Crippen molar-refractivity contribution in [2.24, 2.45) is 11.8 Å². The second-order valence-corrected chi connectivity index (χ2v) is 8.65. The van der Waals surface area contributed by atoms with Crippen molar-refractivity contribution in [1.29, 1.82) is 10.8 Å². The molecule has 1 aromatic heterocycles. The number of rotatable bonds is 5. The van der Waals surface area contributed by atoms with E-state index in [1.807, 2.05) is 13.8 Å². The zero-order valence-electron chi connectivity index (χ0n) is 11.7.